The molecule has 0 saturated carbocycles. The molecule has 0 aromatic carbocycles. The lowest BCUT2D eigenvalue weighted by molar-refractivity contribution is 0.554. The van der Waals surface area contributed by atoms with Crippen molar-refractivity contribution in [3.05, 3.63) is 10.6 Å². The van der Waals surface area contributed by atoms with Crippen LogP contribution in [0.3, 0.4) is 0 Å². The molecule has 0 spiro atoms. The Balaban J connectivity index is 2.62. The maximum atomic E-state index is 4.70. The molecule has 104 valence electrons. The number of aromatic nitrogens is 1. The Kier molecular flexibility index (Phi) is 6.65. The van der Waals surface area contributed by atoms with E-state index in [1.54, 1.807) is 0 Å². The van der Waals surface area contributed by atoms with Crippen LogP contribution in [0.2, 0.25) is 0 Å². The first-order valence-electron chi connectivity index (χ1n) is 7.00. The smallest absolute Gasteiger partial charge is 0.185 e. The summed E-state index contributed by atoms with van der Waals surface area (Å²) >= 11 is 1.84. The Labute approximate surface area is 116 Å². The molecule has 0 bridgehead atoms. The van der Waals surface area contributed by atoms with E-state index in [1.165, 1.54) is 22.1 Å². The van der Waals surface area contributed by atoms with Crippen LogP contribution in [0.5, 0.6) is 0 Å². The molecular formula is C14H27N3S. The van der Waals surface area contributed by atoms with Gasteiger partial charge in [0.15, 0.2) is 5.13 Å². The molecule has 18 heavy (non-hydrogen) atoms. The topological polar surface area (TPSA) is 28.2 Å². The molecule has 1 aromatic heterocycles. The first kappa shape index (κ1) is 15.4. The Morgan fingerprint density at radius 3 is 2.61 bits per heavy atom. The van der Waals surface area contributed by atoms with Gasteiger partial charge in [0.2, 0.25) is 0 Å². The van der Waals surface area contributed by atoms with Crippen LogP contribution in [-0.2, 0) is 6.54 Å². The van der Waals surface area contributed by atoms with E-state index >= 15 is 0 Å². The van der Waals surface area contributed by atoms with Gasteiger partial charge in [-0.3, -0.25) is 0 Å². The molecule has 0 aliphatic carbocycles. The predicted octanol–water partition coefficient (Wildman–Crippen LogP) is 3.43. The van der Waals surface area contributed by atoms with Gasteiger partial charge in [0, 0.05) is 24.5 Å². The third kappa shape index (κ3) is 4.58. The second-order valence-corrected chi connectivity index (χ2v) is 6.17. The van der Waals surface area contributed by atoms with Crippen molar-refractivity contribution in [2.24, 2.45) is 5.92 Å². The molecule has 0 aliphatic heterocycles. The number of anilines is 1. The van der Waals surface area contributed by atoms with Gasteiger partial charge >= 0.3 is 0 Å². The molecule has 0 radical (unpaired) electrons. The van der Waals surface area contributed by atoms with Crippen LogP contribution in [0.15, 0.2) is 0 Å². The van der Waals surface area contributed by atoms with E-state index in [1.807, 2.05) is 11.3 Å². The van der Waals surface area contributed by atoms with E-state index in [2.05, 4.69) is 44.8 Å². The summed E-state index contributed by atoms with van der Waals surface area (Å²) in [6.45, 7) is 15.2. The van der Waals surface area contributed by atoms with Crippen molar-refractivity contribution in [3.63, 3.8) is 0 Å². The monoisotopic (exact) mass is 269 g/mol. The lowest BCUT2D eigenvalue weighted by Crippen LogP contribution is -2.23. The van der Waals surface area contributed by atoms with E-state index in [9.17, 15) is 0 Å². The van der Waals surface area contributed by atoms with Crippen molar-refractivity contribution in [3.8, 4) is 0 Å². The number of hydrogen-bond acceptors (Lipinski definition) is 4. The highest BCUT2D eigenvalue weighted by atomic mass is 32.1. The molecule has 1 aromatic rings. The summed E-state index contributed by atoms with van der Waals surface area (Å²) in [5.74, 6) is 0.699. The summed E-state index contributed by atoms with van der Waals surface area (Å²) in [4.78, 5) is 8.44. The maximum absolute atomic E-state index is 4.70. The Bertz CT molecular complexity index is 347. The van der Waals surface area contributed by atoms with Crippen molar-refractivity contribution in [1.29, 1.82) is 0 Å². The van der Waals surface area contributed by atoms with Gasteiger partial charge in [-0.25, -0.2) is 4.98 Å². The summed E-state index contributed by atoms with van der Waals surface area (Å²) in [5, 5.41) is 4.68. The molecule has 4 heteroatoms. The third-order valence-electron chi connectivity index (χ3n) is 2.87. The largest absolute Gasteiger partial charge is 0.348 e. The molecule has 0 saturated heterocycles. The van der Waals surface area contributed by atoms with E-state index in [0.29, 0.717) is 5.92 Å². The van der Waals surface area contributed by atoms with Gasteiger partial charge < -0.3 is 10.2 Å². The van der Waals surface area contributed by atoms with E-state index in [0.717, 1.165) is 26.2 Å². The summed E-state index contributed by atoms with van der Waals surface area (Å²) in [7, 11) is 0. The molecule has 3 nitrogen and oxygen atoms in total. The van der Waals surface area contributed by atoms with Crippen molar-refractivity contribution in [2.45, 2.75) is 47.6 Å². The third-order valence-corrected chi connectivity index (χ3v) is 4.08. The average Bonchev–Trinajstić information content (AvgIpc) is 2.67. The molecule has 0 amide bonds. The minimum absolute atomic E-state index is 0.699. The van der Waals surface area contributed by atoms with Gasteiger partial charge in [0.1, 0.15) is 0 Å². The highest BCUT2D eigenvalue weighted by Crippen LogP contribution is 2.26. The summed E-state index contributed by atoms with van der Waals surface area (Å²) in [5.41, 5.74) is 1.18. The highest BCUT2D eigenvalue weighted by Gasteiger charge is 2.12. The van der Waals surface area contributed by atoms with Gasteiger partial charge in [0.05, 0.1) is 5.69 Å². The van der Waals surface area contributed by atoms with Crippen LogP contribution in [0, 0.1) is 12.8 Å². The Hall–Kier alpha value is -0.610. The number of hydrogen-bond donors (Lipinski definition) is 1. The SMILES string of the molecule is CCCN(CC)c1nc(C)c(CNCC(C)C)s1. The molecule has 0 atom stereocenters. The van der Waals surface area contributed by atoms with E-state index < -0.39 is 0 Å². The molecule has 1 heterocycles. The zero-order valence-corrected chi connectivity index (χ0v) is 13.2. The second-order valence-electron chi connectivity index (χ2n) is 5.11. The van der Waals surface area contributed by atoms with Crippen LogP contribution in [-0.4, -0.2) is 24.6 Å². The fraction of sp³-hybridized carbons (Fsp3) is 0.786. The number of nitrogens with zero attached hydrogens (tertiary/aromatic N) is 2. The summed E-state index contributed by atoms with van der Waals surface area (Å²) in [6, 6.07) is 0. The first-order valence-corrected chi connectivity index (χ1v) is 7.82. The van der Waals surface area contributed by atoms with E-state index in [4.69, 9.17) is 4.98 Å². The number of nitrogens with one attached hydrogen (secondary N) is 1. The van der Waals surface area contributed by atoms with Crippen molar-refractivity contribution >= 4 is 16.5 Å². The maximum Gasteiger partial charge on any atom is 0.185 e. The number of aryl methyl sites for hydroxylation is 1. The lowest BCUT2D eigenvalue weighted by Gasteiger charge is -2.18. The molecule has 1 N–H and O–H groups in total. The van der Waals surface area contributed by atoms with Gasteiger partial charge in [0.25, 0.3) is 0 Å². The number of thiazole rings is 1. The fourth-order valence-corrected chi connectivity index (χ4v) is 2.97. The predicted molar refractivity (Wildman–Crippen MR) is 81.6 cm³/mol. The van der Waals surface area contributed by atoms with E-state index in [-0.39, 0.29) is 0 Å². The molecule has 0 unspecified atom stereocenters. The van der Waals surface area contributed by atoms with Crippen molar-refractivity contribution in [2.75, 3.05) is 24.5 Å². The zero-order valence-electron chi connectivity index (χ0n) is 12.4. The normalized spacial score (nSPS) is 11.2. The van der Waals surface area contributed by atoms with Crippen LogP contribution in [0.1, 0.15) is 44.7 Å². The van der Waals surface area contributed by atoms with Gasteiger partial charge in [-0.05, 0) is 32.7 Å². The second kappa shape index (κ2) is 7.74. The van der Waals surface area contributed by atoms with Crippen LogP contribution < -0.4 is 10.2 Å². The molecule has 0 aliphatic rings. The molecule has 1 rings (SSSR count). The molecule has 0 fully saturated rings. The average molecular weight is 269 g/mol. The Morgan fingerprint density at radius 2 is 2.06 bits per heavy atom. The standard InChI is InChI=1S/C14H27N3S/c1-6-8-17(7-2)14-16-12(5)13(18-14)10-15-9-11(3)4/h11,15H,6-10H2,1-5H3. The van der Waals surface area contributed by atoms with Crippen LogP contribution in [0.4, 0.5) is 5.13 Å². The minimum Gasteiger partial charge on any atom is -0.348 e. The zero-order chi connectivity index (χ0) is 13.5. The minimum atomic E-state index is 0.699. The van der Waals surface area contributed by atoms with Gasteiger partial charge in [-0.1, -0.05) is 20.8 Å². The first-order chi connectivity index (χ1) is 8.58. The lowest BCUT2D eigenvalue weighted by atomic mass is 10.2. The fourth-order valence-electron chi connectivity index (χ4n) is 1.85. The van der Waals surface area contributed by atoms with Crippen molar-refractivity contribution < 1.29 is 0 Å². The molecular weight excluding hydrogens is 242 g/mol. The quantitative estimate of drug-likeness (QED) is 0.783. The van der Waals surface area contributed by atoms with Crippen LogP contribution >= 0.6 is 11.3 Å². The summed E-state index contributed by atoms with van der Waals surface area (Å²) in [6.07, 6.45) is 1.17. The highest BCUT2D eigenvalue weighted by molar-refractivity contribution is 7.15. The summed E-state index contributed by atoms with van der Waals surface area (Å²) < 4.78 is 0. The Morgan fingerprint density at radius 1 is 1.33 bits per heavy atom. The van der Waals surface area contributed by atoms with Crippen LogP contribution in [0.25, 0.3) is 0 Å². The van der Waals surface area contributed by atoms with Gasteiger partial charge in [-0.15, -0.1) is 11.3 Å². The van der Waals surface area contributed by atoms with Gasteiger partial charge in [-0.2, -0.15) is 0 Å². The van der Waals surface area contributed by atoms with Crippen molar-refractivity contribution in [1.82, 2.24) is 10.3 Å². The number of rotatable bonds is 8.